The first-order valence-corrected chi connectivity index (χ1v) is 17.0. The number of rotatable bonds is 10. The third-order valence-electron chi connectivity index (χ3n) is 10.2. The van der Waals surface area contributed by atoms with E-state index in [0.717, 1.165) is 53.0 Å². The van der Waals surface area contributed by atoms with Gasteiger partial charge in [0.05, 0.1) is 5.92 Å². The van der Waals surface area contributed by atoms with E-state index in [1.165, 1.54) is 11.1 Å². The minimum atomic E-state index is -0.488. The van der Waals surface area contributed by atoms with E-state index >= 15 is 0 Å². The number of carbonyl (C=O) groups is 2. The third-order valence-corrected chi connectivity index (χ3v) is 10.2. The zero-order valence-electron chi connectivity index (χ0n) is 27.4. The molecule has 2 amide bonds. The minimum Gasteiger partial charge on any atom is -0.457 e. The van der Waals surface area contributed by atoms with Crippen LogP contribution in [-0.2, 0) is 19.7 Å². The summed E-state index contributed by atoms with van der Waals surface area (Å²) in [5.74, 6) is 1.00. The molecule has 4 aromatic rings. The normalized spacial score (nSPS) is 18.9. The first-order chi connectivity index (χ1) is 23.5. The van der Waals surface area contributed by atoms with Crippen LogP contribution >= 0.6 is 0 Å². The van der Waals surface area contributed by atoms with Crippen LogP contribution in [0.1, 0.15) is 53.9 Å². The van der Waals surface area contributed by atoms with Crippen molar-refractivity contribution in [3.05, 3.63) is 119 Å². The van der Waals surface area contributed by atoms with Gasteiger partial charge < -0.3 is 30.2 Å². The number of hydrogen-bond acceptors (Lipinski definition) is 6. The summed E-state index contributed by atoms with van der Waals surface area (Å²) >= 11 is 0. The second-order valence-electron chi connectivity index (χ2n) is 13.2. The summed E-state index contributed by atoms with van der Waals surface area (Å²) in [5, 5.41) is 3.30. The molecule has 248 valence electrons. The summed E-state index contributed by atoms with van der Waals surface area (Å²) in [6.45, 7) is 1.90. The number of methoxy groups -OCH3 is 1. The Morgan fingerprint density at radius 1 is 0.854 bits per heavy atom. The fourth-order valence-electron chi connectivity index (χ4n) is 7.93. The predicted molar refractivity (Wildman–Crippen MR) is 185 cm³/mol. The molecule has 0 bridgehead atoms. The molecular weight excluding hydrogens is 602 g/mol. The van der Waals surface area contributed by atoms with Crippen molar-refractivity contribution in [3.63, 3.8) is 0 Å². The van der Waals surface area contributed by atoms with E-state index in [9.17, 15) is 9.59 Å². The molecular formula is C40H43N3O5. The highest BCUT2D eigenvalue weighted by molar-refractivity contribution is 5.81. The van der Waals surface area contributed by atoms with Crippen molar-refractivity contribution in [2.24, 2.45) is 11.7 Å². The van der Waals surface area contributed by atoms with Crippen LogP contribution in [0.3, 0.4) is 0 Å². The molecule has 8 nitrogen and oxygen atoms in total. The number of para-hydroxylation sites is 2. The number of likely N-dealkylation sites (tertiary alicyclic amines) is 1. The first kappa shape index (κ1) is 31.9. The molecule has 2 aliphatic heterocycles. The van der Waals surface area contributed by atoms with Gasteiger partial charge in [0.15, 0.2) is 0 Å². The Bertz CT molecular complexity index is 1700. The highest BCUT2D eigenvalue weighted by Crippen LogP contribution is 2.50. The van der Waals surface area contributed by atoms with Gasteiger partial charge in [0.1, 0.15) is 18.1 Å². The molecule has 0 aromatic heterocycles. The number of unbranched alkanes of at least 4 members (excludes halogenated alkanes) is 1. The van der Waals surface area contributed by atoms with Crippen molar-refractivity contribution in [1.29, 1.82) is 0 Å². The van der Waals surface area contributed by atoms with Crippen LogP contribution in [0.25, 0.3) is 11.1 Å². The van der Waals surface area contributed by atoms with Gasteiger partial charge in [-0.25, -0.2) is 4.79 Å². The predicted octanol–water partition coefficient (Wildman–Crippen LogP) is 6.61. The fourth-order valence-corrected chi connectivity index (χ4v) is 7.93. The van der Waals surface area contributed by atoms with Gasteiger partial charge >= 0.3 is 6.09 Å². The number of nitrogens with two attached hydrogens (primary N) is 1. The number of nitrogens with one attached hydrogen (secondary N) is 1. The van der Waals surface area contributed by atoms with Crippen molar-refractivity contribution in [3.8, 4) is 22.6 Å². The third kappa shape index (κ3) is 6.06. The van der Waals surface area contributed by atoms with Gasteiger partial charge in [0.2, 0.25) is 5.91 Å². The molecule has 1 aliphatic carbocycles. The number of nitrogens with zero attached hydrogens (tertiary/aromatic N) is 1. The Morgan fingerprint density at radius 3 is 2.10 bits per heavy atom. The average Bonchev–Trinajstić information content (AvgIpc) is 3.44. The number of amides is 2. The van der Waals surface area contributed by atoms with E-state index in [1.54, 1.807) is 12.0 Å². The monoisotopic (exact) mass is 645 g/mol. The lowest BCUT2D eigenvalue weighted by Gasteiger charge is -2.41. The van der Waals surface area contributed by atoms with Crippen LogP contribution < -0.4 is 15.8 Å². The van der Waals surface area contributed by atoms with Gasteiger partial charge in [0, 0.05) is 61.9 Å². The minimum absolute atomic E-state index is 0.0378. The van der Waals surface area contributed by atoms with Crippen LogP contribution in [0.4, 0.5) is 4.79 Å². The molecule has 8 heteroatoms. The van der Waals surface area contributed by atoms with Gasteiger partial charge in [0.25, 0.3) is 0 Å². The second-order valence-corrected chi connectivity index (χ2v) is 13.2. The van der Waals surface area contributed by atoms with Crippen LogP contribution in [0.15, 0.2) is 97.1 Å². The quantitative estimate of drug-likeness (QED) is 0.188. The van der Waals surface area contributed by atoms with Gasteiger partial charge in [-0.3, -0.25) is 4.79 Å². The van der Waals surface area contributed by atoms with Crippen molar-refractivity contribution in [2.45, 2.75) is 43.1 Å². The van der Waals surface area contributed by atoms with Crippen molar-refractivity contribution < 1.29 is 23.8 Å². The molecule has 0 saturated carbocycles. The Kier molecular flexibility index (Phi) is 9.19. The van der Waals surface area contributed by atoms with Crippen LogP contribution in [0.5, 0.6) is 11.5 Å². The number of carbonyl (C=O) groups excluding carboxylic acids is 2. The maximum Gasteiger partial charge on any atom is 0.409 e. The Morgan fingerprint density at radius 2 is 1.46 bits per heavy atom. The van der Waals surface area contributed by atoms with Gasteiger partial charge in [-0.1, -0.05) is 84.9 Å². The molecule has 0 unspecified atom stereocenters. The average molecular weight is 646 g/mol. The van der Waals surface area contributed by atoms with E-state index in [4.69, 9.17) is 19.9 Å². The number of fused-ring (bicyclic) bond motifs is 5. The highest BCUT2D eigenvalue weighted by atomic mass is 16.6. The molecule has 3 aliphatic rings. The smallest absolute Gasteiger partial charge is 0.409 e. The Labute approximate surface area is 282 Å². The van der Waals surface area contributed by atoms with Crippen molar-refractivity contribution in [1.82, 2.24) is 10.2 Å². The summed E-state index contributed by atoms with van der Waals surface area (Å²) in [5.41, 5.74) is 12.8. The van der Waals surface area contributed by atoms with E-state index in [1.807, 2.05) is 60.7 Å². The largest absolute Gasteiger partial charge is 0.457 e. The lowest BCUT2D eigenvalue weighted by atomic mass is 9.69. The van der Waals surface area contributed by atoms with Gasteiger partial charge in [-0.2, -0.15) is 0 Å². The molecule has 2 heterocycles. The number of benzene rings is 4. The molecule has 3 N–H and O–H groups in total. The lowest BCUT2D eigenvalue weighted by Crippen LogP contribution is -2.54. The van der Waals surface area contributed by atoms with Crippen LogP contribution in [0, 0.1) is 5.92 Å². The first-order valence-electron chi connectivity index (χ1n) is 17.0. The molecule has 1 fully saturated rings. The maximum atomic E-state index is 13.9. The molecule has 2 atom stereocenters. The Balaban J connectivity index is 1.05. The molecule has 0 spiro atoms. The molecule has 0 radical (unpaired) electrons. The summed E-state index contributed by atoms with van der Waals surface area (Å²) in [6.07, 6.45) is 2.69. The summed E-state index contributed by atoms with van der Waals surface area (Å²) in [7, 11) is 1.72. The molecule has 1 saturated heterocycles. The summed E-state index contributed by atoms with van der Waals surface area (Å²) < 4.78 is 17.6. The highest BCUT2D eigenvalue weighted by Gasteiger charge is 2.43. The molecule has 4 aromatic carbocycles. The van der Waals surface area contributed by atoms with Crippen LogP contribution in [0.2, 0.25) is 0 Å². The Hall–Kier alpha value is -4.66. The van der Waals surface area contributed by atoms with Gasteiger partial charge in [-0.15, -0.1) is 0 Å². The lowest BCUT2D eigenvalue weighted by molar-refractivity contribution is -0.126. The molecule has 48 heavy (non-hydrogen) atoms. The van der Waals surface area contributed by atoms with Crippen molar-refractivity contribution in [2.75, 3.05) is 40.0 Å². The van der Waals surface area contributed by atoms with Crippen LogP contribution in [-0.4, -0.2) is 62.9 Å². The number of ether oxygens (including phenoxy) is 3. The fraction of sp³-hybridized carbons (Fsp3) is 0.350. The topological polar surface area (TPSA) is 103 Å². The molecule has 7 rings (SSSR count). The standard InChI is InChI=1S/C40H43N3O5/c1-46-21-11-10-20-40(34-16-6-8-18-36(34)48-37-19-9-7-17-35(37)40)26-42-38(44)27-22-28(41)24-43(23-27)39(45)47-25-33-31-14-4-2-12-29(31)30-13-3-5-15-32(30)33/h2-9,12-19,27-28,33H,10-11,20-26,41H2,1H3,(H,42,44)/t27-,28+/m0/s1. The number of piperidine rings is 1. The van der Waals surface area contributed by atoms with E-state index in [2.05, 4.69) is 41.7 Å². The zero-order valence-corrected chi connectivity index (χ0v) is 27.4. The van der Waals surface area contributed by atoms with E-state index < -0.39 is 17.4 Å². The van der Waals surface area contributed by atoms with E-state index in [0.29, 0.717) is 26.1 Å². The SMILES string of the molecule is COCCCCC1(CNC(=O)[C@H]2C[C@@H](N)CN(C(=O)OCC3c4ccccc4-c4ccccc43)C2)c2ccccc2Oc2ccccc21. The summed E-state index contributed by atoms with van der Waals surface area (Å²) in [6, 6.07) is 32.4. The maximum absolute atomic E-state index is 13.9. The van der Waals surface area contributed by atoms with Crippen molar-refractivity contribution >= 4 is 12.0 Å². The second kappa shape index (κ2) is 13.8. The zero-order chi connectivity index (χ0) is 33.1. The van der Waals surface area contributed by atoms with E-state index in [-0.39, 0.29) is 31.0 Å². The number of hydrogen-bond donors (Lipinski definition) is 2. The summed E-state index contributed by atoms with van der Waals surface area (Å²) in [4.78, 5) is 29.0. The van der Waals surface area contributed by atoms with Gasteiger partial charge in [-0.05, 0) is 60.1 Å².